The van der Waals surface area contributed by atoms with E-state index in [1.165, 1.54) is 29.6 Å². The zero-order valence-electron chi connectivity index (χ0n) is 11.6. The van der Waals surface area contributed by atoms with Crippen LogP contribution in [0.25, 0.3) is 0 Å². The molecule has 0 heterocycles. The van der Waals surface area contributed by atoms with Crippen molar-refractivity contribution in [3.63, 3.8) is 0 Å². The van der Waals surface area contributed by atoms with Crippen LogP contribution in [0.1, 0.15) is 34.6 Å². The van der Waals surface area contributed by atoms with Crippen LogP contribution in [0.5, 0.6) is 0 Å². The van der Waals surface area contributed by atoms with Crippen molar-refractivity contribution >= 4 is 17.0 Å². The molecule has 0 spiro atoms. The van der Waals surface area contributed by atoms with Gasteiger partial charge in [-0.25, -0.2) is 0 Å². The summed E-state index contributed by atoms with van der Waals surface area (Å²) in [4.78, 5) is 0. The summed E-state index contributed by atoms with van der Waals surface area (Å²) in [5.41, 5.74) is 0. The van der Waals surface area contributed by atoms with Gasteiger partial charge in [-0.2, -0.15) is 0 Å². The van der Waals surface area contributed by atoms with E-state index in [9.17, 15) is 0 Å². The molecule has 10 radical (unpaired) electrons. The number of rotatable bonds is 0. The van der Waals surface area contributed by atoms with E-state index in [0.29, 0.717) is 0 Å². The molecule has 2 aliphatic rings. The van der Waals surface area contributed by atoms with E-state index in [4.69, 9.17) is 17.0 Å². The van der Waals surface area contributed by atoms with E-state index in [1.54, 1.807) is 0 Å². The second-order valence-electron chi connectivity index (χ2n) is 4.16. The minimum absolute atomic E-state index is 0.826. The Balaban J connectivity index is 0.000000301. The van der Waals surface area contributed by atoms with E-state index in [-0.39, 0.29) is 0 Å². The average Bonchev–Trinajstić information content (AvgIpc) is 2.98. The average molecular weight is 362 g/mol. The van der Waals surface area contributed by atoms with Gasteiger partial charge in [0.1, 0.15) is 0 Å². The quantitative estimate of drug-likeness (QED) is 0.543. The van der Waals surface area contributed by atoms with Crippen LogP contribution in [0.3, 0.4) is 0 Å². The van der Waals surface area contributed by atoms with Crippen LogP contribution in [-0.4, -0.2) is 0 Å². The predicted molar refractivity (Wildman–Crippen MR) is 77.8 cm³/mol. The molecular formula is C15H20Cl2Zr. The molecular weight excluding hydrogens is 342 g/mol. The molecule has 2 rings (SSSR count). The van der Waals surface area contributed by atoms with Crippen molar-refractivity contribution in [2.45, 2.75) is 34.6 Å². The SMILES string of the molecule is C[C]1[C](C)[C](C)[C](C)[C]1C.[CH]1[CH][CH][CH][CH]1.[Cl][Zr][Cl]. The first-order chi connectivity index (χ1) is 8.47. The molecule has 2 saturated carbocycles. The Morgan fingerprint density at radius 2 is 0.667 bits per heavy atom. The molecule has 0 atom stereocenters. The van der Waals surface area contributed by atoms with Crippen molar-refractivity contribution in [1.82, 2.24) is 0 Å². The van der Waals surface area contributed by atoms with Crippen LogP contribution in [0.2, 0.25) is 0 Å². The van der Waals surface area contributed by atoms with Gasteiger partial charge in [-0.05, 0) is 61.7 Å². The second-order valence-corrected chi connectivity index (χ2v) is 7.89. The molecule has 0 aromatic carbocycles. The summed E-state index contributed by atoms with van der Waals surface area (Å²) in [6, 6.07) is 0. The first-order valence-electron chi connectivity index (χ1n) is 5.79. The Hall–Kier alpha value is 1.46. The summed E-state index contributed by atoms with van der Waals surface area (Å²) in [5.74, 6) is 7.34. The monoisotopic (exact) mass is 360 g/mol. The third-order valence-electron chi connectivity index (χ3n) is 3.37. The number of halogens is 2. The molecule has 0 unspecified atom stereocenters. The summed E-state index contributed by atoms with van der Waals surface area (Å²) >= 11 is -0.826. The van der Waals surface area contributed by atoms with Gasteiger partial charge < -0.3 is 0 Å². The van der Waals surface area contributed by atoms with Crippen molar-refractivity contribution in [2.24, 2.45) is 0 Å². The van der Waals surface area contributed by atoms with Gasteiger partial charge in [0.15, 0.2) is 0 Å². The van der Waals surface area contributed by atoms with Gasteiger partial charge in [-0.1, -0.05) is 34.6 Å². The molecule has 0 aromatic heterocycles. The van der Waals surface area contributed by atoms with Crippen LogP contribution in [0.15, 0.2) is 0 Å². The topological polar surface area (TPSA) is 0 Å². The van der Waals surface area contributed by atoms with Crippen molar-refractivity contribution < 1.29 is 20.8 Å². The van der Waals surface area contributed by atoms with Crippen LogP contribution in [-0.2, 0) is 20.8 Å². The molecule has 98 valence electrons. The first-order valence-corrected chi connectivity index (χ1v) is 12.1. The van der Waals surface area contributed by atoms with Crippen LogP contribution in [0, 0.1) is 61.7 Å². The molecule has 2 fully saturated rings. The Labute approximate surface area is 133 Å². The maximum atomic E-state index is 4.93. The molecule has 18 heavy (non-hydrogen) atoms. The van der Waals surface area contributed by atoms with Gasteiger partial charge in [0, 0.05) is 0 Å². The standard InChI is InChI=1S/C10H15.C5H5.2ClH.Zr/c1-6-7(2)9(4)10(5)8(6)3;1-2-4-5-3-1;;;/h1-5H3;1-5H;2*1H;/q;;;;+2/p-2. The molecule has 0 saturated heterocycles. The van der Waals surface area contributed by atoms with Gasteiger partial charge in [-0.3, -0.25) is 0 Å². The Morgan fingerprint density at radius 1 is 0.556 bits per heavy atom. The summed E-state index contributed by atoms with van der Waals surface area (Å²) < 4.78 is 0. The zero-order chi connectivity index (χ0) is 14.1. The van der Waals surface area contributed by atoms with Crippen molar-refractivity contribution in [3.05, 3.63) is 61.7 Å². The first kappa shape index (κ1) is 19.5. The number of hydrogen-bond donors (Lipinski definition) is 0. The van der Waals surface area contributed by atoms with Crippen molar-refractivity contribution in [3.8, 4) is 0 Å². The van der Waals surface area contributed by atoms with Crippen molar-refractivity contribution in [1.29, 1.82) is 0 Å². The molecule has 0 amide bonds. The summed E-state index contributed by atoms with van der Waals surface area (Å²) in [6.45, 7) is 11.0. The van der Waals surface area contributed by atoms with E-state index < -0.39 is 20.8 Å². The molecule has 0 nitrogen and oxygen atoms in total. The summed E-state index contributed by atoms with van der Waals surface area (Å²) in [6.07, 6.45) is 10.0. The van der Waals surface area contributed by atoms with Crippen molar-refractivity contribution in [2.75, 3.05) is 0 Å². The van der Waals surface area contributed by atoms with Gasteiger partial charge in [0.25, 0.3) is 0 Å². The van der Waals surface area contributed by atoms with Gasteiger partial charge in [-0.15, -0.1) is 0 Å². The molecule has 0 bridgehead atoms. The Kier molecular flexibility index (Phi) is 12.1. The Bertz CT molecular complexity index is 142. The van der Waals surface area contributed by atoms with E-state index >= 15 is 0 Å². The third kappa shape index (κ3) is 6.76. The normalized spacial score (nSPS) is 23.3. The third-order valence-corrected chi connectivity index (χ3v) is 3.37. The molecule has 2 aliphatic carbocycles. The zero-order valence-corrected chi connectivity index (χ0v) is 15.6. The molecule has 0 aromatic rings. The van der Waals surface area contributed by atoms with E-state index in [0.717, 1.165) is 0 Å². The molecule has 0 aliphatic heterocycles. The van der Waals surface area contributed by atoms with E-state index in [2.05, 4.69) is 34.6 Å². The van der Waals surface area contributed by atoms with Crippen LogP contribution in [0.4, 0.5) is 0 Å². The fraction of sp³-hybridized carbons (Fsp3) is 0.333. The minimum atomic E-state index is -0.826. The van der Waals surface area contributed by atoms with E-state index in [1.807, 2.05) is 32.1 Å². The summed E-state index contributed by atoms with van der Waals surface area (Å²) in [5, 5.41) is 0. The molecule has 0 N–H and O–H groups in total. The molecule has 3 heteroatoms. The van der Waals surface area contributed by atoms with Gasteiger partial charge >= 0.3 is 37.9 Å². The van der Waals surface area contributed by atoms with Gasteiger partial charge in [0.2, 0.25) is 0 Å². The second kappa shape index (κ2) is 11.2. The van der Waals surface area contributed by atoms with Crippen LogP contribution >= 0.6 is 17.0 Å². The maximum absolute atomic E-state index is 4.93. The predicted octanol–water partition coefficient (Wildman–Crippen LogP) is 5.37. The fourth-order valence-corrected chi connectivity index (χ4v) is 1.73. The van der Waals surface area contributed by atoms with Crippen LogP contribution < -0.4 is 0 Å². The fourth-order valence-electron chi connectivity index (χ4n) is 1.73. The van der Waals surface area contributed by atoms with Gasteiger partial charge in [0.05, 0.1) is 0 Å². The Morgan fingerprint density at radius 3 is 0.778 bits per heavy atom. The number of hydrogen-bond acceptors (Lipinski definition) is 0. The summed E-state index contributed by atoms with van der Waals surface area (Å²) in [7, 11) is 9.87.